The van der Waals surface area contributed by atoms with Crippen LogP contribution in [-0.2, 0) is 4.79 Å². The smallest absolute Gasteiger partial charge is 0.189 e. The molecular weight excluding hydrogens is 224 g/mol. The maximum absolute atomic E-state index is 10.9. The van der Waals surface area contributed by atoms with E-state index in [4.69, 9.17) is 0 Å². The van der Waals surface area contributed by atoms with Crippen molar-refractivity contribution < 1.29 is 10.0 Å². The summed E-state index contributed by atoms with van der Waals surface area (Å²) in [5.74, 6) is 0.513. The molecule has 0 radical (unpaired) electrons. The minimum atomic E-state index is -0.863. The van der Waals surface area contributed by atoms with Crippen molar-refractivity contribution in [2.24, 2.45) is 4.99 Å². The largest absolute Gasteiger partial charge is 0.301 e. The van der Waals surface area contributed by atoms with E-state index in [9.17, 15) is 10.0 Å². The number of thioether (sulfide) groups is 1. The van der Waals surface area contributed by atoms with Crippen molar-refractivity contribution in [2.45, 2.75) is 12.5 Å². The first-order valence-corrected chi connectivity index (χ1v) is 5.86. The van der Waals surface area contributed by atoms with Gasteiger partial charge in [0.25, 0.3) is 0 Å². The molecule has 1 N–H and O–H groups in total. The van der Waals surface area contributed by atoms with Gasteiger partial charge >= 0.3 is 0 Å². The van der Waals surface area contributed by atoms with Gasteiger partial charge in [-0.15, -0.1) is 0 Å². The predicted octanol–water partition coefficient (Wildman–Crippen LogP) is 2.07. The van der Waals surface area contributed by atoms with Crippen LogP contribution in [0.2, 0.25) is 0 Å². The van der Waals surface area contributed by atoms with Crippen LogP contribution in [0.4, 0.5) is 5.69 Å². The summed E-state index contributed by atoms with van der Waals surface area (Å²) >= 11 is 1.37. The van der Waals surface area contributed by atoms with Crippen molar-refractivity contribution in [3.8, 4) is 0 Å². The molecule has 4 nitrogen and oxygen atoms in total. The Morgan fingerprint density at radius 3 is 2.75 bits per heavy atom. The molecule has 0 amide bonds. The molecule has 1 fully saturated rings. The molecule has 1 aromatic carbocycles. The lowest BCUT2D eigenvalue weighted by molar-refractivity contribution is -0.131. The SMILES string of the molecule is CC1(C=O)CSC(=Nc2ccccc2)N1O. The Kier molecular flexibility index (Phi) is 2.98. The minimum absolute atomic E-state index is 0.459. The quantitative estimate of drug-likeness (QED) is 0.799. The maximum atomic E-state index is 10.9. The lowest BCUT2D eigenvalue weighted by Gasteiger charge is -2.23. The topological polar surface area (TPSA) is 52.9 Å². The molecule has 1 aliphatic rings. The zero-order valence-corrected chi connectivity index (χ0v) is 9.65. The Labute approximate surface area is 97.9 Å². The third-order valence-electron chi connectivity index (χ3n) is 2.39. The molecule has 5 heteroatoms. The average molecular weight is 236 g/mol. The summed E-state index contributed by atoms with van der Waals surface area (Å²) in [7, 11) is 0. The van der Waals surface area contributed by atoms with Crippen LogP contribution in [-0.4, -0.2) is 33.0 Å². The lowest BCUT2D eigenvalue weighted by atomic mass is 10.1. The molecule has 1 aliphatic heterocycles. The van der Waals surface area contributed by atoms with Gasteiger partial charge in [0.15, 0.2) is 5.17 Å². The van der Waals surface area contributed by atoms with Crippen molar-refractivity contribution in [1.29, 1.82) is 0 Å². The number of aldehydes is 1. The molecule has 1 aromatic rings. The van der Waals surface area contributed by atoms with Gasteiger partial charge < -0.3 is 4.79 Å². The van der Waals surface area contributed by atoms with Crippen LogP contribution < -0.4 is 0 Å². The number of rotatable bonds is 2. The zero-order valence-electron chi connectivity index (χ0n) is 8.83. The zero-order chi connectivity index (χ0) is 11.6. The van der Waals surface area contributed by atoms with E-state index < -0.39 is 5.54 Å². The Balaban J connectivity index is 2.25. The predicted molar refractivity (Wildman–Crippen MR) is 64.1 cm³/mol. The van der Waals surface area contributed by atoms with Crippen molar-refractivity contribution in [3.05, 3.63) is 30.3 Å². The van der Waals surface area contributed by atoms with E-state index in [0.29, 0.717) is 10.9 Å². The number of para-hydroxylation sites is 1. The second-order valence-corrected chi connectivity index (χ2v) is 4.75. The molecule has 1 heterocycles. The number of carbonyl (C=O) groups is 1. The van der Waals surface area contributed by atoms with Gasteiger partial charge in [-0.1, -0.05) is 30.0 Å². The molecule has 0 aromatic heterocycles. The molecule has 2 rings (SSSR count). The summed E-state index contributed by atoms with van der Waals surface area (Å²) in [6.07, 6.45) is 0.744. The minimum Gasteiger partial charge on any atom is -0.301 e. The van der Waals surface area contributed by atoms with Crippen molar-refractivity contribution >= 4 is 28.9 Å². The van der Waals surface area contributed by atoms with Crippen LogP contribution in [0.1, 0.15) is 6.92 Å². The van der Waals surface area contributed by atoms with E-state index in [1.807, 2.05) is 30.3 Å². The number of carbonyl (C=O) groups excluding carboxylic acids is 1. The first kappa shape index (κ1) is 11.2. The van der Waals surface area contributed by atoms with Crippen LogP contribution in [0.5, 0.6) is 0 Å². The number of hydrogen-bond acceptors (Lipinski definition) is 4. The molecule has 1 atom stereocenters. The molecule has 0 saturated carbocycles. The summed E-state index contributed by atoms with van der Waals surface area (Å²) in [5.41, 5.74) is -0.0997. The van der Waals surface area contributed by atoms with E-state index in [1.165, 1.54) is 11.8 Å². The second-order valence-electron chi connectivity index (χ2n) is 3.81. The molecule has 0 bridgehead atoms. The number of hydrogen-bond donors (Lipinski definition) is 1. The summed E-state index contributed by atoms with van der Waals surface area (Å²) in [6, 6.07) is 9.34. The highest BCUT2D eigenvalue weighted by Gasteiger charge is 2.40. The van der Waals surface area contributed by atoms with E-state index >= 15 is 0 Å². The summed E-state index contributed by atoms with van der Waals surface area (Å²) in [6.45, 7) is 1.68. The fraction of sp³-hybridized carbons (Fsp3) is 0.273. The molecule has 0 spiro atoms. The number of amidine groups is 1. The van der Waals surface area contributed by atoms with Gasteiger partial charge in [0.1, 0.15) is 11.8 Å². The summed E-state index contributed by atoms with van der Waals surface area (Å²) < 4.78 is 0. The highest BCUT2D eigenvalue weighted by Crippen LogP contribution is 2.31. The van der Waals surface area contributed by atoms with Crippen LogP contribution in [0.15, 0.2) is 35.3 Å². The lowest BCUT2D eigenvalue weighted by Crippen LogP contribution is -2.44. The average Bonchev–Trinajstić information content (AvgIpc) is 2.60. The van der Waals surface area contributed by atoms with Gasteiger partial charge in [0.05, 0.1) is 5.69 Å². The standard InChI is InChI=1S/C11H12N2O2S/c1-11(7-14)8-16-10(13(11)15)12-9-5-3-2-4-6-9/h2-7,15H,8H2,1H3. The van der Waals surface area contributed by atoms with Crippen LogP contribution >= 0.6 is 11.8 Å². The van der Waals surface area contributed by atoms with Crippen LogP contribution in [0.25, 0.3) is 0 Å². The van der Waals surface area contributed by atoms with E-state index in [2.05, 4.69) is 4.99 Å². The summed E-state index contributed by atoms with van der Waals surface area (Å²) in [4.78, 5) is 15.1. The fourth-order valence-electron chi connectivity index (χ4n) is 1.33. The molecule has 1 unspecified atom stereocenters. The first-order valence-electron chi connectivity index (χ1n) is 4.88. The number of hydroxylamine groups is 2. The third-order valence-corrected chi connectivity index (χ3v) is 3.64. The van der Waals surface area contributed by atoms with Crippen molar-refractivity contribution in [2.75, 3.05) is 5.75 Å². The Bertz CT molecular complexity index is 421. The number of aliphatic imine (C=N–C) groups is 1. The van der Waals surface area contributed by atoms with Crippen molar-refractivity contribution in [1.82, 2.24) is 5.06 Å². The van der Waals surface area contributed by atoms with Crippen LogP contribution in [0.3, 0.4) is 0 Å². The Morgan fingerprint density at radius 1 is 1.50 bits per heavy atom. The molecule has 16 heavy (non-hydrogen) atoms. The Hall–Kier alpha value is -1.33. The van der Waals surface area contributed by atoms with Gasteiger partial charge in [-0.3, -0.25) is 5.21 Å². The molecular formula is C11H12N2O2S. The maximum Gasteiger partial charge on any atom is 0.189 e. The van der Waals surface area contributed by atoms with Gasteiger partial charge in [-0.2, -0.15) is 0 Å². The second kappa shape index (κ2) is 4.27. The van der Waals surface area contributed by atoms with E-state index in [0.717, 1.165) is 17.0 Å². The highest BCUT2D eigenvalue weighted by molar-refractivity contribution is 8.14. The van der Waals surface area contributed by atoms with Gasteiger partial charge in [-0.05, 0) is 19.1 Å². The number of benzene rings is 1. The van der Waals surface area contributed by atoms with E-state index in [1.54, 1.807) is 6.92 Å². The summed E-state index contributed by atoms with van der Waals surface area (Å²) in [5, 5.41) is 11.2. The molecule has 0 aliphatic carbocycles. The third kappa shape index (κ3) is 1.96. The number of nitrogens with zero attached hydrogens (tertiary/aromatic N) is 2. The van der Waals surface area contributed by atoms with Gasteiger partial charge in [0.2, 0.25) is 0 Å². The monoisotopic (exact) mass is 236 g/mol. The van der Waals surface area contributed by atoms with Gasteiger partial charge in [-0.25, -0.2) is 10.1 Å². The fourth-order valence-corrected chi connectivity index (χ4v) is 2.44. The first-order chi connectivity index (χ1) is 7.65. The van der Waals surface area contributed by atoms with Gasteiger partial charge in [0, 0.05) is 5.75 Å². The van der Waals surface area contributed by atoms with Crippen molar-refractivity contribution in [3.63, 3.8) is 0 Å². The molecule has 84 valence electrons. The highest BCUT2D eigenvalue weighted by atomic mass is 32.2. The normalized spacial score (nSPS) is 27.4. The van der Waals surface area contributed by atoms with E-state index in [-0.39, 0.29) is 0 Å². The van der Waals surface area contributed by atoms with Crippen LogP contribution in [0, 0.1) is 0 Å². The Morgan fingerprint density at radius 2 is 2.19 bits per heavy atom. The molecule has 1 saturated heterocycles.